The smallest absolute Gasteiger partial charge is 0.310 e. The third kappa shape index (κ3) is 7.06. The van der Waals surface area contributed by atoms with E-state index in [1.165, 1.54) is 18.3 Å². The summed E-state index contributed by atoms with van der Waals surface area (Å²) in [6.07, 6.45) is -2.83. The highest BCUT2D eigenvalue weighted by molar-refractivity contribution is 5.98. The van der Waals surface area contributed by atoms with Crippen molar-refractivity contribution < 1.29 is 26.7 Å². The maximum absolute atomic E-state index is 16.4. The first kappa shape index (κ1) is 46.6. The Bertz CT molecular complexity index is 3590. The van der Waals surface area contributed by atoms with Gasteiger partial charge in [-0.1, -0.05) is 84.9 Å². The predicted molar refractivity (Wildman–Crippen MR) is 291 cm³/mol. The average Bonchev–Trinajstić information content (AvgIpc) is 4.11. The molecular weight excluding hydrogens is 929 g/mol. The Balaban J connectivity index is 0.919. The van der Waals surface area contributed by atoms with Gasteiger partial charge in [0.25, 0.3) is 0 Å². The van der Waals surface area contributed by atoms with Crippen molar-refractivity contribution in [3.63, 3.8) is 0 Å². The van der Waals surface area contributed by atoms with Crippen molar-refractivity contribution in [2.75, 3.05) is 9.80 Å². The van der Waals surface area contributed by atoms with Crippen LogP contribution in [0.15, 0.2) is 205 Å². The summed E-state index contributed by atoms with van der Waals surface area (Å²) >= 11 is 0. The summed E-state index contributed by atoms with van der Waals surface area (Å²) in [4.78, 5) is 4.44. The molecule has 0 saturated carbocycles. The van der Waals surface area contributed by atoms with Gasteiger partial charge < -0.3 is 9.80 Å². The molecule has 12 rings (SSSR count). The van der Waals surface area contributed by atoms with Crippen LogP contribution < -0.4 is 9.80 Å². The second-order valence-corrected chi connectivity index (χ2v) is 19.9. The van der Waals surface area contributed by atoms with Crippen LogP contribution in [-0.4, -0.2) is 29.7 Å². The van der Waals surface area contributed by atoms with E-state index in [4.69, 9.17) is 0 Å². The fraction of sp³-hybridized carbons (Fsp3) is 0.156. The Labute approximate surface area is 429 Å². The topological polar surface area (TPSA) is 22.4 Å². The van der Waals surface area contributed by atoms with Crippen LogP contribution in [0.1, 0.15) is 72.7 Å². The summed E-state index contributed by atoms with van der Waals surface area (Å²) in [7, 11) is 0. The summed E-state index contributed by atoms with van der Waals surface area (Å²) in [5, 5.41) is 0. The molecule has 0 aliphatic carbocycles. The molecular formula is C64H54F4N6+2. The third-order valence-corrected chi connectivity index (χ3v) is 14.9. The zero-order valence-corrected chi connectivity index (χ0v) is 42.5. The molecule has 6 nitrogen and oxygen atoms in total. The minimum atomic E-state index is -3.26. The van der Waals surface area contributed by atoms with Crippen molar-refractivity contribution in [2.24, 2.45) is 0 Å². The van der Waals surface area contributed by atoms with Crippen LogP contribution in [0.3, 0.4) is 0 Å². The Hall–Kier alpha value is -8.50. The summed E-state index contributed by atoms with van der Waals surface area (Å²) < 4.78 is 70.4. The average molecular weight is 983 g/mol. The van der Waals surface area contributed by atoms with Crippen molar-refractivity contribution in [3.05, 3.63) is 250 Å². The molecule has 4 aliphatic rings. The molecule has 0 bridgehead atoms. The van der Waals surface area contributed by atoms with Crippen molar-refractivity contribution >= 4 is 56.7 Å². The summed E-state index contributed by atoms with van der Waals surface area (Å²) in [5.41, 5.74) is 18.3. The zero-order chi connectivity index (χ0) is 51.5. The van der Waals surface area contributed by atoms with Crippen LogP contribution in [0.2, 0.25) is 0 Å². The lowest BCUT2D eigenvalue weighted by atomic mass is 9.94. The highest BCUT2D eigenvalue weighted by atomic mass is 19.3. The van der Waals surface area contributed by atoms with Crippen LogP contribution in [0.4, 0.5) is 51.7 Å². The quantitative estimate of drug-likeness (QED) is 0.0817. The maximum atomic E-state index is 16.4. The number of hydrogen-bond acceptors (Lipinski definition) is 2. The molecule has 6 aromatic carbocycles. The first-order valence-corrected chi connectivity index (χ1v) is 24.9. The van der Waals surface area contributed by atoms with E-state index in [9.17, 15) is 0 Å². The molecule has 0 spiro atoms. The van der Waals surface area contributed by atoms with Crippen molar-refractivity contribution in [1.82, 2.24) is 9.13 Å². The predicted octanol–water partition coefficient (Wildman–Crippen LogP) is 16.6. The third-order valence-electron chi connectivity index (χ3n) is 14.9. The molecule has 0 fully saturated rings. The number of aromatic nitrogens is 2. The molecule has 8 aromatic rings. The van der Waals surface area contributed by atoms with E-state index in [2.05, 4.69) is 107 Å². The lowest BCUT2D eigenvalue weighted by molar-refractivity contribution is -0.676. The Morgan fingerprint density at radius 2 is 0.703 bits per heavy atom. The largest absolute Gasteiger partial charge is 0.565 e. The summed E-state index contributed by atoms with van der Waals surface area (Å²) in [6.45, 7) is 14.6. The van der Waals surface area contributed by atoms with Gasteiger partial charge in [0, 0.05) is 82.7 Å². The highest BCUT2D eigenvalue weighted by Gasteiger charge is 2.59. The SMILES string of the molecule is CC1=CC(C)=[N+]2C1=C(c1ccc(N(c3ccccc3)c3cccc(-c4cccc(N(c5ccccc5)c5ccc(C6=C7C(C)=CC(C)=[N+]7C(F)(F)n7c(C)cc(C)c76)cc5)c4)c3)cc1)c1c(C)cc(C)n1C2(F)F. The number of aryl methyl sites for hydroxylation is 4. The van der Waals surface area contributed by atoms with Gasteiger partial charge in [0.05, 0.1) is 22.5 Å². The Morgan fingerprint density at radius 1 is 0.365 bits per heavy atom. The molecule has 0 atom stereocenters. The van der Waals surface area contributed by atoms with E-state index in [0.717, 1.165) is 89.8 Å². The van der Waals surface area contributed by atoms with Gasteiger partial charge in [0.1, 0.15) is 0 Å². The van der Waals surface area contributed by atoms with E-state index < -0.39 is 12.3 Å². The van der Waals surface area contributed by atoms with Gasteiger partial charge in [-0.3, -0.25) is 0 Å². The van der Waals surface area contributed by atoms with E-state index in [-0.39, 0.29) is 0 Å². The molecule has 0 unspecified atom stereocenters. The van der Waals surface area contributed by atoms with Crippen molar-refractivity contribution in [2.45, 2.75) is 67.7 Å². The number of nitrogens with zero attached hydrogens (tertiary/aromatic N) is 6. The van der Waals surface area contributed by atoms with Gasteiger partial charge in [-0.15, -0.1) is 26.7 Å². The molecule has 74 heavy (non-hydrogen) atoms. The molecule has 10 heteroatoms. The first-order chi connectivity index (χ1) is 35.5. The maximum Gasteiger partial charge on any atom is 0.565 e. The Kier molecular flexibility index (Phi) is 10.7. The molecule has 0 N–H and O–H groups in total. The van der Waals surface area contributed by atoms with Crippen molar-refractivity contribution in [1.29, 1.82) is 0 Å². The number of anilines is 6. The standard InChI is InChI=1S/C64H54F4N6/c1-39-33-43(5)71-59(39)57(60-40(2)34-44(6)72(60)63(71,65)66)47-25-29-53(30-26-47)69(51-19-11-9-12-20-51)55-23-15-17-49(37-55)50-18-16-24-56(38-50)70(52-21-13-10-14-22-52)54-31-27-48(28-32-54)58-61-41(3)35-45(7)73(61)64(67,68)74-46(8)36-42(4)62(58)74/h9-38H,1-8H3/q+2. The minimum absolute atomic E-state index is 0.506. The number of rotatable bonds is 9. The normalized spacial score (nSPS) is 16.3. The van der Waals surface area contributed by atoms with Crippen LogP contribution in [0.25, 0.3) is 22.3 Å². The fourth-order valence-electron chi connectivity index (χ4n) is 12.0. The number of hydrogen-bond donors (Lipinski definition) is 0. The molecule has 6 heterocycles. The molecule has 4 aliphatic heterocycles. The second-order valence-electron chi connectivity index (χ2n) is 19.9. The molecule has 0 saturated heterocycles. The molecule has 0 radical (unpaired) electrons. The first-order valence-electron chi connectivity index (χ1n) is 24.9. The number of fused-ring (bicyclic) bond motifs is 4. The van der Waals surface area contributed by atoms with Crippen LogP contribution in [-0.2, 0) is 12.3 Å². The molecule has 0 amide bonds. The van der Waals surface area contributed by atoms with E-state index in [0.29, 0.717) is 45.6 Å². The van der Waals surface area contributed by atoms with Crippen molar-refractivity contribution in [3.8, 4) is 11.1 Å². The zero-order valence-electron chi connectivity index (χ0n) is 42.5. The van der Waals surface area contributed by atoms with Gasteiger partial charge in [0.15, 0.2) is 11.4 Å². The van der Waals surface area contributed by atoms with E-state index in [1.807, 2.05) is 113 Å². The second kappa shape index (κ2) is 17.1. The van der Waals surface area contributed by atoms with Crippen LogP contribution in [0, 0.1) is 27.7 Å². The Morgan fingerprint density at radius 3 is 1.07 bits per heavy atom. The number of benzene rings is 6. The lowest BCUT2D eigenvalue weighted by Crippen LogP contribution is -2.42. The molecule has 366 valence electrons. The van der Waals surface area contributed by atoms with Gasteiger partial charge in [-0.2, -0.15) is 0 Å². The summed E-state index contributed by atoms with van der Waals surface area (Å²) in [5.74, 6) is 0. The van der Waals surface area contributed by atoms with Gasteiger partial charge in [0.2, 0.25) is 11.4 Å². The number of para-hydroxylation sites is 2. The van der Waals surface area contributed by atoms with Gasteiger partial charge in [-0.25, -0.2) is 9.13 Å². The van der Waals surface area contributed by atoms with Crippen LogP contribution >= 0.6 is 0 Å². The number of alkyl halides is 4. The van der Waals surface area contributed by atoms with Gasteiger partial charge >= 0.3 is 12.3 Å². The minimum Gasteiger partial charge on any atom is -0.310 e. The summed E-state index contributed by atoms with van der Waals surface area (Å²) in [6, 6.07) is 57.6. The van der Waals surface area contributed by atoms with Crippen LogP contribution in [0.5, 0.6) is 0 Å². The van der Waals surface area contributed by atoms with E-state index >= 15 is 17.6 Å². The fourth-order valence-corrected chi connectivity index (χ4v) is 12.0. The highest BCUT2D eigenvalue weighted by Crippen LogP contribution is 2.50. The lowest BCUT2D eigenvalue weighted by Gasteiger charge is -2.29. The van der Waals surface area contributed by atoms with Gasteiger partial charge in [-0.05, 0) is 160 Å². The number of halogens is 4. The number of allylic oxidation sites excluding steroid dienone is 4. The monoisotopic (exact) mass is 982 g/mol. The van der Waals surface area contributed by atoms with E-state index in [1.54, 1.807) is 27.7 Å². The molecule has 2 aromatic heterocycles.